The van der Waals surface area contributed by atoms with Gasteiger partial charge in [0.15, 0.2) is 5.13 Å². The highest BCUT2D eigenvalue weighted by molar-refractivity contribution is 7.13. The van der Waals surface area contributed by atoms with Crippen molar-refractivity contribution in [2.45, 2.75) is 31.3 Å². The predicted molar refractivity (Wildman–Crippen MR) is 151 cm³/mol. The number of piperidine rings is 1. The summed E-state index contributed by atoms with van der Waals surface area (Å²) in [6.45, 7) is 2.66. The maximum absolute atomic E-state index is 13.7. The number of likely N-dealkylation sites (tertiary alicyclic amines) is 1. The van der Waals surface area contributed by atoms with Crippen molar-refractivity contribution in [3.63, 3.8) is 0 Å². The second kappa shape index (κ2) is 10.5. The highest BCUT2D eigenvalue weighted by Crippen LogP contribution is 2.35. The van der Waals surface area contributed by atoms with Gasteiger partial charge in [-0.25, -0.2) is 4.98 Å². The molecule has 0 aliphatic carbocycles. The van der Waals surface area contributed by atoms with E-state index in [2.05, 4.69) is 52.6 Å². The normalized spacial score (nSPS) is 16.9. The fourth-order valence-electron chi connectivity index (χ4n) is 5.57. The van der Waals surface area contributed by atoms with Crippen LogP contribution in [0.3, 0.4) is 0 Å². The average molecular weight is 523 g/mol. The molecule has 0 saturated carbocycles. The third kappa shape index (κ3) is 4.87. The molecule has 7 heteroatoms. The molecule has 4 aromatic rings. The summed E-state index contributed by atoms with van der Waals surface area (Å²) in [6, 6.07) is 23.6. The van der Waals surface area contributed by atoms with E-state index in [0.717, 1.165) is 35.3 Å². The van der Waals surface area contributed by atoms with Crippen molar-refractivity contribution in [1.82, 2.24) is 14.8 Å². The molecule has 1 unspecified atom stereocenters. The molecule has 0 spiro atoms. The van der Waals surface area contributed by atoms with Crippen LogP contribution in [0.25, 0.3) is 11.1 Å². The second-order valence-corrected chi connectivity index (χ2v) is 11.0. The van der Waals surface area contributed by atoms with E-state index in [1.165, 1.54) is 29.7 Å². The van der Waals surface area contributed by atoms with E-state index in [9.17, 15) is 9.59 Å². The molecule has 1 fully saturated rings. The number of hydrogen-bond donors (Lipinski definition) is 1. The van der Waals surface area contributed by atoms with Crippen LogP contribution in [0.2, 0.25) is 0 Å². The fourth-order valence-corrected chi connectivity index (χ4v) is 6.10. The lowest BCUT2D eigenvalue weighted by atomic mass is 9.88. The minimum Gasteiger partial charge on any atom is -0.318 e. The Morgan fingerprint density at radius 3 is 2.45 bits per heavy atom. The number of fused-ring (bicyclic) bond motifs is 1. The molecule has 6 nitrogen and oxygen atoms in total. The lowest BCUT2D eigenvalue weighted by Gasteiger charge is -2.29. The van der Waals surface area contributed by atoms with Crippen LogP contribution in [0.1, 0.15) is 51.8 Å². The van der Waals surface area contributed by atoms with Crippen LogP contribution < -0.4 is 5.32 Å². The van der Waals surface area contributed by atoms with Crippen molar-refractivity contribution in [3.8, 4) is 11.1 Å². The first-order chi connectivity index (χ1) is 18.6. The number of carbonyl (C=O) groups is 2. The number of rotatable bonds is 6. The molecule has 1 atom stereocenters. The van der Waals surface area contributed by atoms with E-state index in [-0.39, 0.29) is 11.8 Å². The maximum Gasteiger partial charge on any atom is 0.255 e. The molecular weight excluding hydrogens is 492 g/mol. The molecular formula is C31H30N4O2S. The molecule has 3 heterocycles. The topological polar surface area (TPSA) is 65.5 Å². The lowest BCUT2D eigenvalue weighted by Crippen LogP contribution is -2.37. The summed E-state index contributed by atoms with van der Waals surface area (Å²) < 4.78 is 0. The zero-order chi connectivity index (χ0) is 26.1. The Morgan fingerprint density at radius 2 is 1.74 bits per heavy atom. The number of nitrogens with one attached hydrogen (secondary N) is 1. The number of thiazole rings is 1. The molecule has 1 N–H and O–H groups in total. The van der Waals surface area contributed by atoms with E-state index in [0.29, 0.717) is 23.2 Å². The summed E-state index contributed by atoms with van der Waals surface area (Å²) in [5, 5.41) is 5.22. The number of hydrogen-bond acceptors (Lipinski definition) is 5. The summed E-state index contributed by atoms with van der Waals surface area (Å²) in [5.41, 5.74) is 5.86. The van der Waals surface area contributed by atoms with Gasteiger partial charge in [0.1, 0.15) is 6.04 Å². The molecule has 2 aliphatic rings. The van der Waals surface area contributed by atoms with Crippen LogP contribution in [0.15, 0.2) is 84.4 Å². The monoisotopic (exact) mass is 522 g/mol. The molecule has 1 aromatic heterocycles. The van der Waals surface area contributed by atoms with Gasteiger partial charge in [0.25, 0.3) is 11.8 Å². The van der Waals surface area contributed by atoms with Crippen molar-refractivity contribution in [2.75, 3.05) is 25.5 Å². The van der Waals surface area contributed by atoms with Gasteiger partial charge in [-0.3, -0.25) is 14.9 Å². The number of nitrogens with zero attached hydrogens (tertiary/aromatic N) is 3. The largest absolute Gasteiger partial charge is 0.318 e. The quantitative estimate of drug-likeness (QED) is 0.340. The molecule has 2 aliphatic heterocycles. The van der Waals surface area contributed by atoms with Gasteiger partial charge in [-0.1, -0.05) is 66.7 Å². The average Bonchev–Trinajstić information content (AvgIpc) is 3.58. The van der Waals surface area contributed by atoms with Gasteiger partial charge < -0.3 is 9.80 Å². The van der Waals surface area contributed by atoms with Gasteiger partial charge in [0, 0.05) is 23.7 Å². The number of carbonyl (C=O) groups excluding carboxylic acids is 2. The fraction of sp³-hybridized carbons (Fsp3) is 0.258. The van der Waals surface area contributed by atoms with E-state index < -0.39 is 6.04 Å². The molecule has 3 aromatic carbocycles. The minimum atomic E-state index is -0.753. The molecule has 6 rings (SSSR count). The Kier molecular flexibility index (Phi) is 6.79. The van der Waals surface area contributed by atoms with Gasteiger partial charge in [0.2, 0.25) is 0 Å². The first-order valence-corrected chi connectivity index (χ1v) is 13.9. The van der Waals surface area contributed by atoms with E-state index in [1.54, 1.807) is 11.1 Å². The smallest absolute Gasteiger partial charge is 0.255 e. The second-order valence-electron chi connectivity index (χ2n) is 10.1. The number of anilines is 1. The zero-order valence-corrected chi connectivity index (χ0v) is 22.2. The van der Waals surface area contributed by atoms with Crippen molar-refractivity contribution in [2.24, 2.45) is 0 Å². The number of amides is 2. The minimum absolute atomic E-state index is 0.132. The van der Waals surface area contributed by atoms with E-state index in [1.807, 2.05) is 47.8 Å². The summed E-state index contributed by atoms with van der Waals surface area (Å²) in [6.07, 6.45) is 4.03. The Hall–Kier alpha value is -3.81. The van der Waals surface area contributed by atoms with Crippen LogP contribution in [-0.4, -0.2) is 46.7 Å². The van der Waals surface area contributed by atoms with Crippen molar-refractivity contribution in [1.29, 1.82) is 0 Å². The molecule has 1 saturated heterocycles. The van der Waals surface area contributed by atoms with Crippen LogP contribution in [0.5, 0.6) is 0 Å². The molecule has 0 radical (unpaired) electrons. The highest BCUT2D eigenvalue weighted by Gasteiger charge is 2.37. The highest BCUT2D eigenvalue weighted by atomic mass is 32.1. The van der Waals surface area contributed by atoms with Gasteiger partial charge in [-0.05, 0) is 72.8 Å². The molecule has 192 valence electrons. The Balaban J connectivity index is 1.25. The van der Waals surface area contributed by atoms with Crippen molar-refractivity contribution >= 4 is 28.3 Å². The maximum atomic E-state index is 13.7. The Labute approximate surface area is 226 Å². The SMILES string of the molecule is CN1CCC(c2ccc(-c3ccc4c(c3)C(=O)N(C(C(=O)Nc3nccs3)c3ccccc3)C4)cc2)CC1. The van der Waals surface area contributed by atoms with Crippen molar-refractivity contribution < 1.29 is 9.59 Å². The van der Waals surface area contributed by atoms with Gasteiger partial charge in [0.05, 0.1) is 0 Å². The first kappa shape index (κ1) is 24.5. The third-order valence-corrected chi connectivity index (χ3v) is 8.40. The first-order valence-electron chi connectivity index (χ1n) is 13.0. The molecule has 2 amide bonds. The van der Waals surface area contributed by atoms with Crippen molar-refractivity contribution in [3.05, 3.63) is 107 Å². The zero-order valence-electron chi connectivity index (χ0n) is 21.3. The third-order valence-electron chi connectivity index (χ3n) is 7.71. The van der Waals surface area contributed by atoms with E-state index >= 15 is 0 Å². The van der Waals surface area contributed by atoms with Gasteiger partial charge in [-0.2, -0.15) is 0 Å². The number of aromatic nitrogens is 1. The molecule has 38 heavy (non-hydrogen) atoms. The lowest BCUT2D eigenvalue weighted by molar-refractivity contribution is -0.120. The van der Waals surface area contributed by atoms with Crippen LogP contribution >= 0.6 is 11.3 Å². The standard InChI is InChI=1S/C31H30N4O2S/c1-34-16-13-23(14-17-34)21-7-9-22(10-8-21)25-11-12-26-20-35(30(37)27(26)19-25)28(24-5-3-2-4-6-24)29(36)33-31-32-15-18-38-31/h2-12,15,18-19,23,28H,13-14,16-17,20H2,1H3,(H,32,33,36). The summed E-state index contributed by atoms with van der Waals surface area (Å²) in [4.78, 5) is 35.4. The Morgan fingerprint density at radius 1 is 1.00 bits per heavy atom. The van der Waals surface area contributed by atoms with Crippen LogP contribution in [0, 0.1) is 0 Å². The summed E-state index contributed by atoms with van der Waals surface area (Å²) >= 11 is 1.36. The summed E-state index contributed by atoms with van der Waals surface area (Å²) in [5.74, 6) is 0.214. The predicted octanol–water partition coefficient (Wildman–Crippen LogP) is 5.96. The number of benzene rings is 3. The van der Waals surface area contributed by atoms with Crippen LogP contribution in [0.4, 0.5) is 5.13 Å². The Bertz CT molecular complexity index is 1430. The summed E-state index contributed by atoms with van der Waals surface area (Å²) in [7, 11) is 2.19. The molecule has 0 bridgehead atoms. The van der Waals surface area contributed by atoms with Crippen LogP contribution in [-0.2, 0) is 11.3 Å². The van der Waals surface area contributed by atoms with Gasteiger partial charge >= 0.3 is 0 Å². The van der Waals surface area contributed by atoms with Gasteiger partial charge in [-0.15, -0.1) is 11.3 Å². The van der Waals surface area contributed by atoms with E-state index in [4.69, 9.17) is 0 Å².